The molecular formula is C11H21N5O2. The van der Waals surface area contributed by atoms with Crippen LogP contribution in [0.2, 0.25) is 0 Å². The molecule has 0 aliphatic carbocycles. The lowest BCUT2D eigenvalue weighted by Crippen LogP contribution is -2.62. The lowest BCUT2D eigenvalue weighted by Gasteiger charge is -2.29. The van der Waals surface area contributed by atoms with E-state index in [9.17, 15) is 9.59 Å². The van der Waals surface area contributed by atoms with Gasteiger partial charge in [0, 0.05) is 20.1 Å². The van der Waals surface area contributed by atoms with Gasteiger partial charge in [-0.25, -0.2) is 0 Å². The number of carbonyl (C=O) groups excluding carboxylic acids is 2. The molecular weight excluding hydrogens is 234 g/mol. The molecule has 7 nitrogen and oxygen atoms in total. The first kappa shape index (κ1) is 14.4. The molecule has 1 aliphatic heterocycles. The predicted molar refractivity (Wildman–Crippen MR) is 69.2 cm³/mol. The Morgan fingerprint density at radius 1 is 1.61 bits per heavy atom. The van der Waals surface area contributed by atoms with Gasteiger partial charge >= 0.3 is 0 Å². The van der Waals surface area contributed by atoms with Gasteiger partial charge in [-0.3, -0.25) is 14.6 Å². The number of rotatable bonds is 5. The van der Waals surface area contributed by atoms with Crippen molar-refractivity contribution in [1.29, 1.82) is 0 Å². The van der Waals surface area contributed by atoms with Crippen molar-refractivity contribution in [2.75, 3.05) is 20.1 Å². The van der Waals surface area contributed by atoms with Gasteiger partial charge in [0.1, 0.15) is 6.04 Å². The average molecular weight is 255 g/mol. The van der Waals surface area contributed by atoms with Crippen molar-refractivity contribution < 1.29 is 9.59 Å². The first-order valence-corrected chi connectivity index (χ1v) is 6.06. The fraction of sp³-hybridized carbons (Fsp3) is 0.727. The van der Waals surface area contributed by atoms with E-state index in [0.717, 1.165) is 6.42 Å². The maximum Gasteiger partial charge on any atom is 0.243 e. The molecule has 1 heterocycles. The maximum absolute atomic E-state index is 11.7. The van der Waals surface area contributed by atoms with Gasteiger partial charge in [0.25, 0.3) is 0 Å². The van der Waals surface area contributed by atoms with Crippen LogP contribution in [0.4, 0.5) is 0 Å². The Kier molecular flexibility index (Phi) is 5.57. The topological polar surface area (TPSA) is 109 Å². The summed E-state index contributed by atoms with van der Waals surface area (Å²) in [5.41, 5.74) is 5.42. The second kappa shape index (κ2) is 6.95. The van der Waals surface area contributed by atoms with E-state index in [1.165, 1.54) is 0 Å². The van der Waals surface area contributed by atoms with Crippen LogP contribution in [0.3, 0.4) is 0 Å². The Morgan fingerprint density at radius 3 is 2.89 bits per heavy atom. The van der Waals surface area contributed by atoms with E-state index in [0.29, 0.717) is 25.3 Å². The van der Waals surface area contributed by atoms with Crippen molar-refractivity contribution in [2.45, 2.75) is 31.8 Å². The van der Waals surface area contributed by atoms with Crippen LogP contribution < -0.4 is 21.7 Å². The van der Waals surface area contributed by atoms with Gasteiger partial charge in [-0.15, -0.1) is 0 Å². The molecule has 0 bridgehead atoms. The van der Waals surface area contributed by atoms with E-state index in [4.69, 9.17) is 5.73 Å². The first-order chi connectivity index (χ1) is 8.54. The molecule has 0 saturated carbocycles. The minimum Gasteiger partial charge on any atom is -0.388 e. The summed E-state index contributed by atoms with van der Waals surface area (Å²) in [6, 6.07) is -0.734. The normalized spacial score (nSPS) is 24.6. The SMILES string of the molecule is CNC(=O)C1CNC(CCCN=C(C)N)C(=O)N1. The third-order valence-electron chi connectivity index (χ3n) is 2.78. The largest absolute Gasteiger partial charge is 0.388 e. The second-order valence-corrected chi connectivity index (χ2v) is 4.30. The summed E-state index contributed by atoms with van der Waals surface area (Å²) in [4.78, 5) is 27.2. The number of nitrogens with zero attached hydrogens (tertiary/aromatic N) is 1. The maximum atomic E-state index is 11.7. The van der Waals surface area contributed by atoms with Crippen molar-refractivity contribution in [1.82, 2.24) is 16.0 Å². The Balaban J connectivity index is 2.32. The molecule has 1 aliphatic rings. The summed E-state index contributed by atoms with van der Waals surface area (Å²) in [5.74, 6) is 0.233. The highest BCUT2D eigenvalue weighted by Gasteiger charge is 2.30. The zero-order valence-electron chi connectivity index (χ0n) is 10.8. The molecule has 7 heteroatoms. The summed E-state index contributed by atoms with van der Waals surface area (Å²) in [6.07, 6.45) is 1.47. The standard InChI is InChI=1S/C11H21N5O2/c1-7(12)14-5-3-4-8-11(18)16-9(6-15-8)10(17)13-2/h8-9,15H,3-6H2,1-2H3,(H2,12,14)(H,13,17)(H,16,18). The van der Waals surface area contributed by atoms with E-state index in [-0.39, 0.29) is 17.9 Å². The first-order valence-electron chi connectivity index (χ1n) is 6.06. The van der Waals surface area contributed by atoms with Gasteiger partial charge in [0.05, 0.1) is 11.9 Å². The zero-order chi connectivity index (χ0) is 13.5. The third-order valence-corrected chi connectivity index (χ3v) is 2.78. The number of nitrogens with one attached hydrogen (secondary N) is 3. The molecule has 2 unspecified atom stereocenters. The zero-order valence-corrected chi connectivity index (χ0v) is 10.8. The average Bonchev–Trinajstić information content (AvgIpc) is 2.34. The molecule has 1 saturated heterocycles. The number of likely N-dealkylation sites (N-methyl/N-ethyl adjacent to an activating group) is 1. The summed E-state index contributed by atoms with van der Waals surface area (Å²) in [7, 11) is 1.55. The van der Waals surface area contributed by atoms with Crippen molar-refractivity contribution in [2.24, 2.45) is 10.7 Å². The molecule has 2 amide bonds. The summed E-state index contributed by atoms with van der Waals surface area (Å²) in [6.45, 7) is 2.81. The second-order valence-electron chi connectivity index (χ2n) is 4.30. The van der Waals surface area contributed by atoms with E-state index < -0.39 is 6.04 Å². The Morgan fingerprint density at radius 2 is 2.33 bits per heavy atom. The van der Waals surface area contributed by atoms with Crippen molar-refractivity contribution >= 4 is 17.6 Å². The van der Waals surface area contributed by atoms with Gasteiger partial charge in [-0.2, -0.15) is 0 Å². The molecule has 0 spiro atoms. The quantitative estimate of drug-likeness (QED) is 0.268. The van der Waals surface area contributed by atoms with E-state index in [1.54, 1.807) is 14.0 Å². The molecule has 1 rings (SSSR count). The van der Waals surface area contributed by atoms with Crippen molar-refractivity contribution in [3.63, 3.8) is 0 Å². The predicted octanol–water partition coefficient (Wildman–Crippen LogP) is -1.65. The number of amidine groups is 1. The number of amides is 2. The van der Waals surface area contributed by atoms with E-state index in [1.807, 2.05) is 0 Å². The molecule has 1 fully saturated rings. The van der Waals surface area contributed by atoms with Gasteiger partial charge in [-0.1, -0.05) is 0 Å². The van der Waals surface area contributed by atoms with Crippen LogP contribution in [0.5, 0.6) is 0 Å². The summed E-state index contributed by atoms with van der Waals surface area (Å²) < 4.78 is 0. The smallest absolute Gasteiger partial charge is 0.243 e. The van der Waals surface area contributed by atoms with Crippen LogP contribution in [0, 0.1) is 0 Å². The third kappa shape index (κ3) is 4.33. The Hall–Kier alpha value is -1.63. The van der Waals surface area contributed by atoms with Gasteiger partial charge < -0.3 is 21.7 Å². The highest BCUT2D eigenvalue weighted by Crippen LogP contribution is 2.03. The van der Waals surface area contributed by atoms with Crippen LogP contribution in [-0.4, -0.2) is 49.9 Å². The highest BCUT2D eigenvalue weighted by molar-refractivity contribution is 5.91. The number of nitrogens with two attached hydrogens (primary N) is 1. The molecule has 0 aromatic rings. The van der Waals surface area contributed by atoms with Crippen molar-refractivity contribution in [3.05, 3.63) is 0 Å². The van der Waals surface area contributed by atoms with Crippen LogP contribution in [0.15, 0.2) is 4.99 Å². The van der Waals surface area contributed by atoms with Gasteiger partial charge in [0.15, 0.2) is 0 Å². The number of piperazine rings is 1. The van der Waals surface area contributed by atoms with Crippen LogP contribution in [0.1, 0.15) is 19.8 Å². The van der Waals surface area contributed by atoms with Gasteiger partial charge in [-0.05, 0) is 19.8 Å². The minimum absolute atomic E-state index is 0.136. The van der Waals surface area contributed by atoms with Crippen LogP contribution in [-0.2, 0) is 9.59 Å². The number of hydrogen-bond acceptors (Lipinski definition) is 4. The van der Waals surface area contributed by atoms with Crippen LogP contribution >= 0.6 is 0 Å². The fourth-order valence-electron chi connectivity index (χ4n) is 1.79. The monoisotopic (exact) mass is 255 g/mol. The summed E-state index contributed by atoms with van der Waals surface area (Å²) in [5, 5.41) is 8.27. The lowest BCUT2D eigenvalue weighted by molar-refractivity contribution is -0.132. The molecule has 5 N–H and O–H groups in total. The highest BCUT2D eigenvalue weighted by atomic mass is 16.2. The molecule has 0 aromatic carbocycles. The molecule has 0 radical (unpaired) electrons. The molecule has 0 aromatic heterocycles. The minimum atomic E-state index is -0.483. The van der Waals surface area contributed by atoms with Gasteiger partial charge in [0.2, 0.25) is 11.8 Å². The van der Waals surface area contributed by atoms with Crippen LogP contribution in [0.25, 0.3) is 0 Å². The Labute approximate surface area is 107 Å². The molecule has 18 heavy (non-hydrogen) atoms. The lowest BCUT2D eigenvalue weighted by atomic mass is 10.1. The van der Waals surface area contributed by atoms with E-state index >= 15 is 0 Å². The Bertz CT molecular complexity index is 338. The number of hydrogen-bond donors (Lipinski definition) is 4. The summed E-state index contributed by atoms with van der Waals surface area (Å²) >= 11 is 0. The fourth-order valence-corrected chi connectivity index (χ4v) is 1.79. The number of aliphatic imine (C=N–C) groups is 1. The van der Waals surface area contributed by atoms with E-state index in [2.05, 4.69) is 20.9 Å². The number of carbonyl (C=O) groups is 2. The molecule has 102 valence electrons. The molecule has 2 atom stereocenters. The van der Waals surface area contributed by atoms with Crippen molar-refractivity contribution in [3.8, 4) is 0 Å².